The average molecular weight is 584 g/mol. The number of rotatable bonds is 8. The predicted octanol–water partition coefficient (Wildman–Crippen LogP) is 1.99. The molecular weight excluding hydrogens is 550 g/mol. The van der Waals surface area contributed by atoms with Crippen LogP contribution in [0.15, 0.2) is 96.1 Å². The molecule has 1 fully saturated rings. The standard InChI is InChI=1S/C32H33N5O6/c1-36(2)30-34-28-25(29(41)35-30)33-19-37(28)32(27(40)26(39)24(18-38)43-32)31(20-11-6-4-7-12-20,21-13-8-5-9-14-21)22-15-10-16-23(17-22)42-3/h4-17,19,24,26-27,38-40H,18H2,1-3H3,(H,34,35,41)/t24-,26-,27-,32+/m1/s1. The Morgan fingerprint density at radius 3 is 2.19 bits per heavy atom. The van der Waals surface area contributed by atoms with Gasteiger partial charge >= 0.3 is 0 Å². The fourth-order valence-electron chi connectivity index (χ4n) is 6.35. The minimum Gasteiger partial charge on any atom is -0.497 e. The number of hydrogen-bond acceptors (Lipinski definition) is 9. The van der Waals surface area contributed by atoms with Gasteiger partial charge in [0.2, 0.25) is 5.95 Å². The minimum atomic E-state index is -1.95. The molecule has 2 aromatic heterocycles. The number of anilines is 1. The van der Waals surface area contributed by atoms with Gasteiger partial charge in [-0.1, -0.05) is 72.8 Å². The summed E-state index contributed by atoms with van der Waals surface area (Å²) in [6, 6.07) is 26.3. The van der Waals surface area contributed by atoms with Crippen LogP contribution in [0.5, 0.6) is 5.75 Å². The van der Waals surface area contributed by atoms with Gasteiger partial charge < -0.3 is 29.7 Å². The molecular formula is C32H33N5O6. The van der Waals surface area contributed by atoms with Crippen LogP contribution in [-0.2, 0) is 15.9 Å². The van der Waals surface area contributed by atoms with Crippen LogP contribution < -0.4 is 15.2 Å². The Bertz CT molecular complexity index is 1750. The molecule has 11 heteroatoms. The molecule has 3 aromatic carbocycles. The van der Waals surface area contributed by atoms with E-state index in [1.54, 1.807) is 26.1 Å². The van der Waals surface area contributed by atoms with Gasteiger partial charge in [0.25, 0.3) is 5.56 Å². The van der Waals surface area contributed by atoms with Crippen molar-refractivity contribution in [3.8, 4) is 5.75 Å². The first-order chi connectivity index (χ1) is 20.8. The van der Waals surface area contributed by atoms with Crippen molar-refractivity contribution >= 4 is 17.1 Å². The maximum atomic E-state index is 13.2. The summed E-state index contributed by atoms with van der Waals surface area (Å²) in [6.07, 6.45) is -2.98. The lowest BCUT2D eigenvalue weighted by Crippen LogP contribution is -2.61. The number of imidazole rings is 1. The van der Waals surface area contributed by atoms with Crippen LogP contribution in [0.25, 0.3) is 11.2 Å². The Kier molecular flexibility index (Phi) is 7.26. The smallest absolute Gasteiger partial charge is 0.280 e. The fourth-order valence-corrected chi connectivity index (χ4v) is 6.35. The van der Waals surface area contributed by atoms with E-state index in [2.05, 4.69) is 9.97 Å². The van der Waals surface area contributed by atoms with Crippen LogP contribution in [0.3, 0.4) is 0 Å². The van der Waals surface area contributed by atoms with E-state index in [-0.39, 0.29) is 17.1 Å². The van der Waals surface area contributed by atoms with Crippen molar-refractivity contribution in [2.24, 2.45) is 0 Å². The van der Waals surface area contributed by atoms with E-state index in [0.717, 1.165) is 0 Å². The maximum absolute atomic E-state index is 13.2. The number of aliphatic hydroxyl groups excluding tert-OH is 3. The first-order valence-electron chi connectivity index (χ1n) is 13.8. The van der Waals surface area contributed by atoms with Gasteiger partial charge in [0, 0.05) is 14.1 Å². The largest absolute Gasteiger partial charge is 0.497 e. The summed E-state index contributed by atoms with van der Waals surface area (Å²) in [4.78, 5) is 26.8. The highest BCUT2D eigenvalue weighted by atomic mass is 16.6. The van der Waals surface area contributed by atoms with E-state index in [9.17, 15) is 20.1 Å². The lowest BCUT2D eigenvalue weighted by atomic mass is 9.60. The van der Waals surface area contributed by atoms with Crippen LogP contribution in [-0.4, -0.2) is 81.0 Å². The third kappa shape index (κ3) is 4.15. The summed E-state index contributed by atoms with van der Waals surface area (Å²) in [5.41, 5.74) is -1.70. The molecule has 0 amide bonds. The molecule has 11 nitrogen and oxygen atoms in total. The molecule has 4 N–H and O–H groups in total. The summed E-state index contributed by atoms with van der Waals surface area (Å²) in [5, 5.41) is 34.2. The summed E-state index contributed by atoms with van der Waals surface area (Å²) >= 11 is 0. The molecule has 4 atom stereocenters. The Balaban J connectivity index is 1.86. The highest BCUT2D eigenvalue weighted by Gasteiger charge is 2.68. The van der Waals surface area contributed by atoms with Gasteiger partial charge in [0.1, 0.15) is 24.1 Å². The van der Waals surface area contributed by atoms with Gasteiger partial charge in [-0.3, -0.25) is 14.3 Å². The van der Waals surface area contributed by atoms with Gasteiger partial charge in [-0.15, -0.1) is 0 Å². The number of fused-ring (bicyclic) bond motifs is 1. The number of ether oxygens (including phenoxy) is 2. The highest BCUT2D eigenvalue weighted by Crippen LogP contribution is 2.58. The molecule has 0 saturated carbocycles. The number of aliphatic hydroxyl groups is 3. The van der Waals surface area contributed by atoms with Gasteiger partial charge in [0.05, 0.1) is 25.5 Å². The van der Waals surface area contributed by atoms with Crippen molar-refractivity contribution in [2.75, 3.05) is 32.7 Å². The van der Waals surface area contributed by atoms with Crippen molar-refractivity contribution < 1.29 is 24.8 Å². The molecule has 0 radical (unpaired) electrons. The Labute approximate surface area is 247 Å². The van der Waals surface area contributed by atoms with Crippen molar-refractivity contribution in [3.63, 3.8) is 0 Å². The molecule has 1 aliphatic rings. The van der Waals surface area contributed by atoms with Crippen LogP contribution >= 0.6 is 0 Å². The SMILES string of the molecule is COc1cccc(C(c2ccccc2)(c2ccccc2)[C@@]2(n3cnc4c(=O)[nH]c(N(C)C)nc43)O[C@H](CO)[C@@H](O)[C@H]2O)c1. The van der Waals surface area contributed by atoms with Crippen LogP contribution in [0, 0.1) is 0 Å². The number of hydrogen-bond donors (Lipinski definition) is 4. The fraction of sp³-hybridized carbons (Fsp3) is 0.281. The summed E-state index contributed by atoms with van der Waals surface area (Å²) in [5.74, 6) is 0.808. The lowest BCUT2D eigenvalue weighted by molar-refractivity contribution is -0.175. The molecule has 5 aromatic rings. The third-order valence-corrected chi connectivity index (χ3v) is 8.25. The zero-order valence-corrected chi connectivity index (χ0v) is 24.0. The van der Waals surface area contributed by atoms with Crippen LogP contribution in [0.1, 0.15) is 16.7 Å². The van der Waals surface area contributed by atoms with E-state index >= 15 is 0 Å². The number of nitrogens with zero attached hydrogens (tertiary/aromatic N) is 4. The van der Waals surface area contributed by atoms with Crippen molar-refractivity contribution in [1.29, 1.82) is 0 Å². The molecule has 0 aliphatic carbocycles. The van der Waals surface area contributed by atoms with Gasteiger partial charge in [-0.05, 0) is 28.8 Å². The van der Waals surface area contributed by atoms with Crippen molar-refractivity contribution in [3.05, 3.63) is 118 Å². The van der Waals surface area contributed by atoms with E-state index in [1.807, 2.05) is 84.9 Å². The average Bonchev–Trinajstić information content (AvgIpc) is 3.58. The minimum absolute atomic E-state index is 0.0170. The second kappa shape index (κ2) is 10.9. The Morgan fingerprint density at radius 2 is 1.63 bits per heavy atom. The van der Waals surface area contributed by atoms with E-state index in [1.165, 1.54) is 10.9 Å². The third-order valence-electron chi connectivity index (χ3n) is 8.25. The Hall–Kier alpha value is -4.55. The number of nitrogens with one attached hydrogen (secondary N) is 1. The summed E-state index contributed by atoms with van der Waals surface area (Å²) < 4.78 is 14.0. The second-order valence-corrected chi connectivity index (χ2v) is 10.8. The Morgan fingerprint density at radius 1 is 1.00 bits per heavy atom. The van der Waals surface area contributed by atoms with E-state index in [4.69, 9.17) is 14.5 Å². The molecule has 6 rings (SSSR count). The molecule has 1 saturated heterocycles. The molecule has 3 heterocycles. The zero-order valence-electron chi connectivity index (χ0n) is 24.0. The monoisotopic (exact) mass is 583 g/mol. The van der Waals surface area contributed by atoms with E-state index < -0.39 is 41.6 Å². The molecule has 0 spiro atoms. The quantitative estimate of drug-likeness (QED) is 0.202. The summed E-state index contributed by atoms with van der Waals surface area (Å²) in [6.45, 7) is -0.582. The molecule has 222 valence electrons. The maximum Gasteiger partial charge on any atom is 0.280 e. The van der Waals surface area contributed by atoms with Crippen molar-refractivity contribution in [2.45, 2.75) is 29.5 Å². The van der Waals surface area contributed by atoms with Crippen LogP contribution in [0.2, 0.25) is 0 Å². The molecule has 0 unspecified atom stereocenters. The highest BCUT2D eigenvalue weighted by molar-refractivity contribution is 5.72. The number of methoxy groups -OCH3 is 1. The first-order valence-corrected chi connectivity index (χ1v) is 13.8. The van der Waals surface area contributed by atoms with Gasteiger partial charge in [-0.2, -0.15) is 4.98 Å². The lowest BCUT2D eigenvalue weighted by Gasteiger charge is -2.51. The number of H-pyrrole nitrogens is 1. The topological polar surface area (TPSA) is 146 Å². The van der Waals surface area contributed by atoms with Gasteiger partial charge in [-0.25, -0.2) is 4.98 Å². The molecule has 43 heavy (non-hydrogen) atoms. The first kappa shape index (κ1) is 28.6. The van der Waals surface area contributed by atoms with Crippen molar-refractivity contribution in [1.82, 2.24) is 19.5 Å². The van der Waals surface area contributed by atoms with E-state index in [0.29, 0.717) is 22.4 Å². The zero-order chi connectivity index (χ0) is 30.4. The number of aromatic amines is 1. The molecule has 0 bridgehead atoms. The van der Waals surface area contributed by atoms with Gasteiger partial charge in [0.15, 0.2) is 16.9 Å². The predicted molar refractivity (Wildman–Crippen MR) is 160 cm³/mol. The number of aromatic nitrogens is 4. The molecule has 1 aliphatic heterocycles. The summed E-state index contributed by atoms with van der Waals surface area (Å²) in [7, 11) is 5.04. The van der Waals surface area contributed by atoms with Crippen LogP contribution in [0.4, 0.5) is 5.95 Å². The second-order valence-electron chi connectivity index (χ2n) is 10.8. The normalized spacial score (nSPS) is 22.1. The number of benzene rings is 3.